The summed E-state index contributed by atoms with van der Waals surface area (Å²) >= 11 is 0. The van der Waals surface area contributed by atoms with Gasteiger partial charge in [-0.15, -0.1) is 0 Å². The van der Waals surface area contributed by atoms with Crippen molar-refractivity contribution in [2.45, 2.75) is 10.8 Å². The molecule has 0 unspecified atom stereocenters. The van der Waals surface area contributed by atoms with Crippen LogP contribution in [0.4, 0.5) is 34.1 Å². The highest BCUT2D eigenvalue weighted by Gasteiger charge is 2.63. The average molecular weight is 1020 g/mol. The van der Waals surface area contributed by atoms with E-state index < -0.39 is 10.8 Å². The molecule has 0 radical (unpaired) electrons. The summed E-state index contributed by atoms with van der Waals surface area (Å²) in [5.74, 6) is 0. The molecule has 372 valence electrons. The van der Waals surface area contributed by atoms with E-state index in [0.29, 0.717) is 0 Å². The van der Waals surface area contributed by atoms with Crippen molar-refractivity contribution >= 4 is 89.1 Å². The molecule has 2 spiro atoms. The first-order valence-corrected chi connectivity index (χ1v) is 27.7. The van der Waals surface area contributed by atoms with Crippen molar-refractivity contribution in [1.82, 2.24) is 0 Å². The summed E-state index contributed by atoms with van der Waals surface area (Å²) in [6.07, 6.45) is 0. The van der Waals surface area contributed by atoms with Crippen LogP contribution in [-0.4, -0.2) is 0 Å². The van der Waals surface area contributed by atoms with E-state index in [1.165, 1.54) is 77.9 Å². The van der Waals surface area contributed by atoms with E-state index in [0.717, 1.165) is 78.0 Å². The van der Waals surface area contributed by atoms with Gasteiger partial charge >= 0.3 is 0 Å². The minimum Gasteiger partial charge on any atom is -0.454 e. The first-order chi connectivity index (χ1) is 39.7. The van der Waals surface area contributed by atoms with Crippen molar-refractivity contribution in [3.8, 4) is 22.3 Å². The van der Waals surface area contributed by atoms with Crippen LogP contribution in [0.2, 0.25) is 0 Å². The zero-order chi connectivity index (χ0) is 52.3. The zero-order valence-corrected chi connectivity index (χ0v) is 43.3. The molecule has 0 fully saturated rings. The van der Waals surface area contributed by atoms with Crippen molar-refractivity contribution in [3.05, 3.63) is 324 Å². The molecule has 14 aromatic rings. The van der Waals surface area contributed by atoms with E-state index in [-0.39, 0.29) is 0 Å². The fraction of sp³-hybridized carbons (Fsp3) is 0.0263. The quantitative estimate of drug-likeness (QED) is 0.166. The van der Waals surface area contributed by atoms with Gasteiger partial charge in [-0.3, -0.25) is 0 Å². The second-order valence-electron chi connectivity index (χ2n) is 21.7. The number of rotatable bonds is 6. The van der Waals surface area contributed by atoms with Crippen LogP contribution in [0.25, 0.3) is 77.3 Å². The van der Waals surface area contributed by atoms with Crippen LogP contribution in [0.1, 0.15) is 44.5 Å². The largest absolute Gasteiger partial charge is 0.454 e. The van der Waals surface area contributed by atoms with Crippen LogP contribution in [0.3, 0.4) is 0 Å². The van der Waals surface area contributed by atoms with Gasteiger partial charge in [-0.2, -0.15) is 0 Å². The van der Waals surface area contributed by atoms with Gasteiger partial charge in [0, 0.05) is 44.3 Å². The lowest BCUT2D eigenvalue weighted by Crippen LogP contribution is -2.29. The molecule has 0 aliphatic heterocycles. The first kappa shape index (κ1) is 43.7. The van der Waals surface area contributed by atoms with Gasteiger partial charge in [0.1, 0.15) is 11.2 Å². The second-order valence-corrected chi connectivity index (χ2v) is 21.7. The standard InChI is InChI=1S/C76H46N2O2/c1-3-21-47(22-4-1)77(67-37-19-31-57-55-29-11-17-39-69(55)79-73(57)67)49-41-43-59-65(45-49)75(61-33-13-7-25-51(61)52-26-8-14-34-62(52)75)72-60-44-42-50(46-66(60)76(71(59)72)63-35-15-9-27-53(63)54-28-10-16-36-64(54)76)78(48-23-5-2-6-24-48)68-38-20-32-58-56-30-12-18-40-70(56)80-74(58)68/h1-46H. The summed E-state index contributed by atoms with van der Waals surface area (Å²) in [5, 5.41) is 4.39. The molecule has 0 N–H and O–H groups in total. The minimum atomic E-state index is -0.715. The Balaban J connectivity index is 0.956. The maximum absolute atomic E-state index is 6.88. The molecule has 4 aliphatic rings. The lowest BCUT2D eigenvalue weighted by molar-refractivity contribution is 0.668. The molecule has 4 nitrogen and oxygen atoms in total. The van der Waals surface area contributed by atoms with Crippen LogP contribution < -0.4 is 9.80 Å². The Morgan fingerprint density at radius 3 is 0.975 bits per heavy atom. The second kappa shape index (κ2) is 16.1. The highest BCUT2D eigenvalue weighted by molar-refractivity contribution is 6.20. The maximum atomic E-state index is 6.88. The Morgan fingerprint density at radius 2 is 0.575 bits per heavy atom. The number of benzene rings is 12. The van der Waals surface area contributed by atoms with Gasteiger partial charge in [0.2, 0.25) is 0 Å². The molecule has 2 heterocycles. The fourth-order valence-electron chi connectivity index (χ4n) is 15.1. The summed E-state index contributed by atoms with van der Waals surface area (Å²) in [6.45, 7) is 0. The van der Waals surface area contributed by atoms with Crippen molar-refractivity contribution in [3.63, 3.8) is 0 Å². The number of anilines is 6. The van der Waals surface area contributed by atoms with Crippen molar-refractivity contribution in [2.75, 3.05) is 9.80 Å². The molecule has 4 heteroatoms. The monoisotopic (exact) mass is 1020 g/mol. The maximum Gasteiger partial charge on any atom is 0.159 e. The number of para-hydroxylation sites is 6. The molecule has 0 atom stereocenters. The number of furan rings is 2. The van der Waals surface area contributed by atoms with Crippen LogP contribution in [0.5, 0.6) is 0 Å². The summed E-state index contributed by atoms with van der Waals surface area (Å²) in [5.41, 5.74) is 26.2. The molecule has 0 bridgehead atoms. The highest BCUT2D eigenvalue weighted by atomic mass is 16.3. The predicted molar refractivity (Wildman–Crippen MR) is 327 cm³/mol. The Hall–Kier alpha value is -10.4. The van der Waals surface area contributed by atoms with E-state index in [9.17, 15) is 0 Å². The van der Waals surface area contributed by atoms with Gasteiger partial charge in [-0.05, 0) is 151 Å². The molecule has 4 aliphatic carbocycles. The normalized spacial score (nSPS) is 14.4. The average Bonchev–Trinajstić information content (AvgIpc) is 4.30. The molecular weight excluding hydrogens is 973 g/mol. The molecule has 12 aromatic carbocycles. The number of hydrogen-bond acceptors (Lipinski definition) is 4. The van der Waals surface area contributed by atoms with E-state index in [2.05, 4.69) is 289 Å². The third kappa shape index (κ3) is 5.49. The summed E-state index contributed by atoms with van der Waals surface area (Å²) < 4.78 is 13.8. The molecule has 0 amide bonds. The van der Waals surface area contributed by atoms with Crippen LogP contribution in [0, 0.1) is 0 Å². The van der Waals surface area contributed by atoms with E-state index in [1.807, 2.05) is 0 Å². The number of hydrogen-bond donors (Lipinski definition) is 0. The Labute approximate surface area is 462 Å². The number of nitrogens with zero attached hydrogens (tertiary/aromatic N) is 2. The molecule has 0 saturated carbocycles. The van der Waals surface area contributed by atoms with Gasteiger partial charge < -0.3 is 18.6 Å². The Kier molecular flexibility index (Phi) is 8.77. The van der Waals surface area contributed by atoms with E-state index in [1.54, 1.807) is 0 Å². The molecular formula is C76H46N2O2. The van der Waals surface area contributed by atoms with Crippen LogP contribution in [0.15, 0.2) is 288 Å². The van der Waals surface area contributed by atoms with Gasteiger partial charge in [0.05, 0.1) is 22.2 Å². The summed E-state index contributed by atoms with van der Waals surface area (Å²) in [7, 11) is 0. The third-order valence-electron chi connectivity index (χ3n) is 18.1. The fourth-order valence-corrected chi connectivity index (χ4v) is 15.1. The van der Waals surface area contributed by atoms with Gasteiger partial charge in [0.25, 0.3) is 0 Å². The van der Waals surface area contributed by atoms with Gasteiger partial charge in [-0.25, -0.2) is 0 Å². The smallest absolute Gasteiger partial charge is 0.159 e. The first-order valence-electron chi connectivity index (χ1n) is 27.7. The highest BCUT2D eigenvalue weighted by Crippen LogP contribution is 2.75. The minimum absolute atomic E-state index is 0.715. The molecule has 2 aromatic heterocycles. The van der Waals surface area contributed by atoms with Gasteiger partial charge in [-0.1, -0.05) is 206 Å². The lowest BCUT2D eigenvalue weighted by Gasteiger charge is -2.36. The van der Waals surface area contributed by atoms with E-state index >= 15 is 0 Å². The third-order valence-corrected chi connectivity index (χ3v) is 18.1. The van der Waals surface area contributed by atoms with E-state index in [4.69, 9.17) is 8.83 Å². The Morgan fingerprint density at radius 1 is 0.237 bits per heavy atom. The molecule has 80 heavy (non-hydrogen) atoms. The Bertz CT molecular complexity index is 4580. The van der Waals surface area contributed by atoms with Crippen LogP contribution >= 0.6 is 0 Å². The van der Waals surface area contributed by atoms with Gasteiger partial charge in [0.15, 0.2) is 11.2 Å². The molecule has 0 saturated heterocycles. The van der Waals surface area contributed by atoms with Crippen molar-refractivity contribution in [1.29, 1.82) is 0 Å². The number of fused-ring (bicyclic) bond motifs is 24. The SMILES string of the molecule is c1ccc(N(c2ccc3c(c2)C2(C4=C3C3(c5cc(N(c6ccccc6)c6cccc7c6oc6ccccc67)ccc54)c4ccccc4-c4ccccc43)c3ccccc3-c3ccccc32)c2cccc3c2oc2ccccc23)cc1. The zero-order valence-electron chi connectivity index (χ0n) is 43.3. The van der Waals surface area contributed by atoms with Crippen molar-refractivity contribution in [2.24, 2.45) is 0 Å². The summed E-state index contributed by atoms with van der Waals surface area (Å²) in [6, 6.07) is 103. The molecule has 18 rings (SSSR count). The summed E-state index contributed by atoms with van der Waals surface area (Å²) in [4.78, 5) is 4.82. The predicted octanol–water partition coefficient (Wildman–Crippen LogP) is 20.0. The van der Waals surface area contributed by atoms with Crippen LogP contribution in [-0.2, 0) is 10.8 Å². The lowest BCUT2D eigenvalue weighted by atomic mass is 9.66. The number of allylic oxidation sites excluding steroid dienone is 2. The topological polar surface area (TPSA) is 32.8 Å². The van der Waals surface area contributed by atoms with Crippen molar-refractivity contribution < 1.29 is 8.83 Å².